The molecule has 0 saturated carbocycles. The van der Waals surface area contributed by atoms with Crippen LogP contribution in [0.2, 0.25) is 0 Å². The Morgan fingerprint density at radius 3 is 2.42 bits per heavy atom. The van der Waals surface area contributed by atoms with E-state index >= 15 is 0 Å². The van der Waals surface area contributed by atoms with Crippen LogP contribution in [-0.4, -0.2) is 25.4 Å². The van der Waals surface area contributed by atoms with Crippen molar-refractivity contribution >= 4 is 5.91 Å². The maximum Gasteiger partial charge on any atom is 0.383 e. The third-order valence-corrected chi connectivity index (χ3v) is 2.43. The molecule has 3 nitrogen and oxygen atoms in total. The molecule has 0 aliphatic carbocycles. The fourth-order valence-corrected chi connectivity index (χ4v) is 1.42. The van der Waals surface area contributed by atoms with Crippen LogP contribution < -0.4 is 5.32 Å². The highest BCUT2D eigenvalue weighted by atomic mass is 19.3. The zero-order valence-electron chi connectivity index (χ0n) is 10.1. The van der Waals surface area contributed by atoms with Crippen molar-refractivity contribution in [2.45, 2.75) is 25.5 Å². The van der Waals surface area contributed by atoms with Crippen molar-refractivity contribution in [2.75, 3.05) is 7.11 Å². The second-order valence-corrected chi connectivity index (χ2v) is 3.81. The molecule has 0 saturated heterocycles. The normalized spacial score (nSPS) is 11.7. The number of amides is 1. The van der Waals surface area contributed by atoms with Gasteiger partial charge in [0.15, 0.2) is 0 Å². The molecule has 1 amide bonds. The number of carbonyl (C=O) groups is 1. The number of hydrogen-bond acceptors (Lipinski definition) is 2. The van der Waals surface area contributed by atoms with Gasteiger partial charge in [-0.05, 0) is 11.1 Å². The van der Waals surface area contributed by atoms with Crippen molar-refractivity contribution in [3.63, 3.8) is 0 Å². The number of rotatable bonds is 6. The lowest BCUT2D eigenvalue weighted by Crippen LogP contribution is -2.44. The third kappa shape index (κ3) is 3.92. The van der Waals surface area contributed by atoms with Gasteiger partial charge in [0.05, 0.1) is 6.61 Å². The van der Waals surface area contributed by atoms with Crippen molar-refractivity contribution in [1.82, 2.24) is 5.32 Å². The molecule has 0 aliphatic rings. The summed E-state index contributed by atoms with van der Waals surface area (Å²) < 4.78 is 54.2. The minimum Gasteiger partial charge on any atom is -0.380 e. The molecule has 0 spiro atoms. The van der Waals surface area contributed by atoms with E-state index in [1.807, 2.05) is 0 Å². The molecule has 19 heavy (non-hydrogen) atoms. The first-order valence-corrected chi connectivity index (χ1v) is 5.39. The highest BCUT2D eigenvalue weighted by Crippen LogP contribution is 2.23. The summed E-state index contributed by atoms with van der Waals surface area (Å²) in [6.45, 7) is -0.0298. The molecule has 0 fully saturated rings. The molecular formula is C12H13F4NO2. The first-order valence-electron chi connectivity index (χ1n) is 5.39. The van der Waals surface area contributed by atoms with Crippen molar-refractivity contribution in [1.29, 1.82) is 0 Å². The molecular weight excluding hydrogens is 266 g/mol. The van der Waals surface area contributed by atoms with E-state index in [-0.39, 0.29) is 13.2 Å². The standard InChI is InChI=1S/C12H13F4NO2/c1-19-7-9-5-3-2-4-8(9)6-17-11(18)12(15,16)10(13)14/h2-5,10H,6-7H2,1H3,(H,17,18). The highest BCUT2D eigenvalue weighted by Gasteiger charge is 2.48. The van der Waals surface area contributed by atoms with E-state index in [9.17, 15) is 22.4 Å². The smallest absolute Gasteiger partial charge is 0.380 e. The van der Waals surface area contributed by atoms with Gasteiger partial charge in [0.2, 0.25) is 0 Å². The fourth-order valence-electron chi connectivity index (χ4n) is 1.42. The lowest BCUT2D eigenvalue weighted by atomic mass is 10.1. The highest BCUT2D eigenvalue weighted by molar-refractivity contribution is 5.83. The Labute approximate surface area is 107 Å². The van der Waals surface area contributed by atoms with Gasteiger partial charge in [0, 0.05) is 13.7 Å². The minimum absolute atomic E-state index is 0.233. The molecule has 0 radical (unpaired) electrons. The molecule has 1 aromatic carbocycles. The average molecular weight is 279 g/mol. The van der Waals surface area contributed by atoms with Gasteiger partial charge in [-0.3, -0.25) is 4.79 Å². The Hall–Kier alpha value is -1.63. The predicted molar refractivity (Wildman–Crippen MR) is 60.0 cm³/mol. The summed E-state index contributed by atoms with van der Waals surface area (Å²) in [5, 5.41) is 1.79. The number of nitrogens with one attached hydrogen (secondary N) is 1. The summed E-state index contributed by atoms with van der Waals surface area (Å²) in [5.74, 6) is -6.68. The molecule has 0 aliphatic heterocycles. The molecule has 1 N–H and O–H groups in total. The topological polar surface area (TPSA) is 38.3 Å². The predicted octanol–water partition coefficient (Wildman–Crippen LogP) is 2.35. The Morgan fingerprint density at radius 1 is 1.32 bits per heavy atom. The second-order valence-electron chi connectivity index (χ2n) is 3.81. The lowest BCUT2D eigenvalue weighted by molar-refractivity contribution is -0.169. The van der Waals surface area contributed by atoms with E-state index in [1.165, 1.54) is 7.11 Å². The number of benzene rings is 1. The fraction of sp³-hybridized carbons (Fsp3) is 0.417. The summed E-state index contributed by atoms with van der Waals surface area (Å²) in [7, 11) is 1.46. The molecule has 0 atom stereocenters. The maximum absolute atomic E-state index is 12.7. The van der Waals surface area contributed by atoms with E-state index in [2.05, 4.69) is 0 Å². The van der Waals surface area contributed by atoms with Gasteiger partial charge in [0.1, 0.15) is 0 Å². The molecule has 0 aromatic heterocycles. The molecule has 1 aromatic rings. The van der Waals surface area contributed by atoms with Crippen LogP contribution in [-0.2, 0) is 22.7 Å². The van der Waals surface area contributed by atoms with Crippen LogP contribution in [0.25, 0.3) is 0 Å². The molecule has 1 rings (SSSR count). The van der Waals surface area contributed by atoms with Crippen LogP contribution in [0.4, 0.5) is 17.6 Å². The number of hydrogen-bond donors (Lipinski definition) is 1. The lowest BCUT2D eigenvalue weighted by Gasteiger charge is -2.15. The van der Waals surface area contributed by atoms with Crippen molar-refractivity contribution < 1.29 is 27.1 Å². The largest absolute Gasteiger partial charge is 0.383 e. The molecule has 7 heteroatoms. The summed E-state index contributed by atoms with van der Waals surface area (Å²) >= 11 is 0. The molecule has 0 heterocycles. The van der Waals surface area contributed by atoms with Crippen LogP contribution in [0.15, 0.2) is 24.3 Å². The third-order valence-electron chi connectivity index (χ3n) is 2.43. The van der Waals surface area contributed by atoms with Crippen LogP contribution in [0, 0.1) is 0 Å². The van der Waals surface area contributed by atoms with Crippen LogP contribution in [0.3, 0.4) is 0 Å². The average Bonchev–Trinajstić information content (AvgIpc) is 2.37. The van der Waals surface area contributed by atoms with Gasteiger partial charge in [-0.15, -0.1) is 0 Å². The maximum atomic E-state index is 12.7. The zero-order chi connectivity index (χ0) is 14.5. The van der Waals surface area contributed by atoms with Crippen molar-refractivity contribution in [3.8, 4) is 0 Å². The van der Waals surface area contributed by atoms with E-state index < -0.39 is 18.3 Å². The quantitative estimate of drug-likeness (QED) is 0.812. The first-order chi connectivity index (χ1) is 8.89. The van der Waals surface area contributed by atoms with E-state index in [4.69, 9.17) is 4.74 Å². The number of alkyl halides is 4. The molecule has 0 bridgehead atoms. The number of methoxy groups -OCH3 is 1. The van der Waals surface area contributed by atoms with E-state index in [0.717, 1.165) is 0 Å². The summed E-state index contributed by atoms with van der Waals surface area (Å²) in [4.78, 5) is 11.0. The van der Waals surface area contributed by atoms with Crippen LogP contribution in [0.5, 0.6) is 0 Å². The van der Waals surface area contributed by atoms with Crippen LogP contribution in [0.1, 0.15) is 11.1 Å². The van der Waals surface area contributed by atoms with E-state index in [1.54, 1.807) is 29.6 Å². The Morgan fingerprint density at radius 2 is 1.89 bits per heavy atom. The SMILES string of the molecule is COCc1ccccc1CNC(=O)C(F)(F)C(F)F. The Balaban J connectivity index is 2.70. The van der Waals surface area contributed by atoms with Gasteiger partial charge >= 0.3 is 12.3 Å². The second kappa shape index (κ2) is 6.51. The van der Waals surface area contributed by atoms with Gasteiger partial charge in [-0.2, -0.15) is 8.78 Å². The summed E-state index contributed by atoms with van der Waals surface area (Å²) in [6.07, 6.45) is -4.03. The van der Waals surface area contributed by atoms with Crippen molar-refractivity contribution in [3.05, 3.63) is 35.4 Å². The summed E-state index contributed by atoms with van der Waals surface area (Å²) in [6, 6.07) is 6.64. The van der Waals surface area contributed by atoms with Gasteiger partial charge in [0.25, 0.3) is 5.91 Å². The monoisotopic (exact) mass is 279 g/mol. The summed E-state index contributed by atoms with van der Waals surface area (Å²) in [5.41, 5.74) is 1.22. The van der Waals surface area contributed by atoms with Crippen molar-refractivity contribution in [2.24, 2.45) is 0 Å². The number of carbonyl (C=O) groups excluding carboxylic acids is 1. The van der Waals surface area contributed by atoms with Gasteiger partial charge < -0.3 is 10.1 Å². The Bertz CT molecular complexity index is 437. The Kier molecular flexibility index (Phi) is 5.29. The number of halogens is 4. The minimum atomic E-state index is -4.68. The molecule has 106 valence electrons. The van der Waals surface area contributed by atoms with Gasteiger partial charge in [-0.25, -0.2) is 8.78 Å². The van der Waals surface area contributed by atoms with Crippen LogP contribution >= 0.6 is 0 Å². The number of ether oxygens (including phenoxy) is 1. The van der Waals surface area contributed by atoms with Gasteiger partial charge in [-0.1, -0.05) is 24.3 Å². The first kappa shape index (κ1) is 15.4. The zero-order valence-corrected chi connectivity index (χ0v) is 10.1. The molecule has 0 unspecified atom stereocenters. The van der Waals surface area contributed by atoms with E-state index in [0.29, 0.717) is 11.1 Å².